The lowest BCUT2D eigenvalue weighted by molar-refractivity contribution is 0.188. The molecule has 2 aromatic heterocycles. The van der Waals surface area contributed by atoms with E-state index in [1.807, 2.05) is 0 Å². The Bertz CT molecular complexity index is 724. The molecule has 0 saturated carbocycles. The topological polar surface area (TPSA) is 83.1 Å². The third-order valence-electron chi connectivity index (χ3n) is 3.08. The Labute approximate surface area is 109 Å². The maximum Gasteiger partial charge on any atom is 0.332 e. The van der Waals surface area contributed by atoms with Crippen LogP contribution >= 0.6 is 0 Å². The first-order valence-electron chi connectivity index (χ1n) is 5.85. The van der Waals surface area contributed by atoms with Gasteiger partial charge in [-0.15, -0.1) is 0 Å². The smallest absolute Gasteiger partial charge is 0.332 e. The minimum Gasteiger partial charge on any atom is -0.383 e. The van der Waals surface area contributed by atoms with Gasteiger partial charge in [0.15, 0.2) is 11.2 Å². The predicted octanol–water partition coefficient (Wildman–Crippen LogP) is -0.878. The zero-order valence-electron chi connectivity index (χ0n) is 11.4. The number of aryl methyl sites for hydroxylation is 1. The molecule has 0 aliphatic heterocycles. The van der Waals surface area contributed by atoms with Crippen LogP contribution in [0.4, 0.5) is 5.95 Å². The van der Waals surface area contributed by atoms with Gasteiger partial charge >= 0.3 is 5.69 Å². The molecule has 0 amide bonds. The number of hydrogen-bond donors (Lipinski definition) is 1. The highest BCUT2D eigenvalue weighted by atomic mass is 16.5. The first kappa shape index (κ1) is 13.3. The minimum absolute atomic E-state index is 0.269. The molecule has 0 aromatic carbocycles. The highest BCUT2D eigenvalue weighted by Crippen LogP contribution is 2.14. The van der Waals surface area contributed by atoms with Crippen molar-refractivity contribution in [2.45, 2.75) is 6.54 Å². The van der Waals surface area contributed by atoms with Gasteiger partial charge in [-0.1, -0.05) is 0 Å². The van der Waals surface area contributed by atoms with Crippen molar-refractivity contribution in [2.24, 2.45) is 14.1 Å². The molecule has 2 heterocycles. The van der Waals surface area contributed by atoms with Crippen molar-refractivity contribution in [1.29, 1.82) is 0 Å². The van der Waals surface area contributed by atoms with E-state index >= 15 is 0 Å². The second-order valence-corrected chi connectivity index (χ2v) is 4.21. The van der Waals surface area contributed by atoms with Gasteiger partial charge < -0.3 is 10.1 Å². The molecular formula is C11H17N5O3. The Morgan fingerprint density at radius 2 is 1.95 bits per heavy atom. The summed E-state index contributed by atoms with van der Waals surface area (Å²) in [6.45, 7) is 0.965. The van der Waals surface area contributed by atoms with E-state index in [1.54, 1.807) is 25.8 Å². The van der Waals surface area contributed by atoms with Crippen LogP contribution in [0.3, 0.4) is 0 Å². The molecule has 0 atom stereocenters. The van der Waals surface area contributed by atoms with Gasteiger partial charge in [-0.25, -0.2) is 9.78 Å². The average Bonchev–Trinajstić information content (AvgIpc) is 2.79. The molecule has 0 radical (unpaired) electrons. The molecule has 0 saturated heterocycles. The summed E-state index contributed by atoms with van der Waals surface area (Å²) in [4.78, 5) is 28.3. The van der Waals surface area contributed by atoms with Gasteiger partial charge in [-0.05, 0) is 0 Å². The number of rotatable bonds is 4. The molecule has 0 bridgehead atoms. The van der Waals surface area contributed by atoms with Crippen LogP contribution < -0.4 is 16.6 Å². The van der Waals surface area contributed by atoms with Gasteiger partial charge in [0.2, 0.25) is 5.95 Å². The van der Waals surface area contributed by atoms with Gasteiger partial charge in [-0.3, -0.25) is 18.5 Å². The molecule has 104 valence electrons. The first-order chi connectivity index (χ1) is 9.02. The number of aromatic nitrogens is 4. The van der Waals surface area contributed by atoms with E-state index < -0.39 is 5.56 Å². The monoisotopic (exact) mass is 267 g/mol. The van der Waals surface area contributed by atoms with E-state index in [4.69, 9.17) is 4.74 Å². The lowest BCUT2D eigenvalue weighted by Crippen LogP contribution is -2.37. The van der Waals surface area contributed by atoms with Crippen molar-refractivity contribution in [3.05, 3.63) is 20.8 Å². The standard InChI is InChI=1S/C11H17N5O3/c1-12-10-13-7-8(16(10)5-6-19-4)14(2)11(18)15(3)9(7)17/h5-6H2,1-4H3,(H,12,13). The normalized spacial score (nSPS) is 11.2. The summed E-state index contributed by atoms with van der Waals surface area (Å²) in [6, 6.07) is 0. The summed E-state index contributed by atoms with van der Waals surface area (Å²) in [5.41, 5.74) is -0.0101. The molecule has 2 aromatic rings. The van der Waals surface area contributed by atoms with E-state index in [-0.39, 0.29) is 11.2 Å². The maximum absolute atomic E-state index is 12.1. The molecule has 1 N–H and O–H groups in total. The van der Waals surface area contributed by atoms with Crippen molar-refractivity contribution >= 4 is 17.1 Å². The average molecular weight is 267 g/mol. The third kappa shape index (κ3) is 1.93. The zero-order chi connectivity index (χ0) is 14.2. The summed E-state index contributed by atoms with van der Waals surface area (Å²) in [5, 5.41) is 2.92. The fourth-order valence-electron chi connectivity index (χ4n) is 2.07. The molecule has 8 nitrogen and oxygen atoms in total. The molecule has 0 aliphatic carbocycles. The molecule has 0 unspecified atom stereocenters. The van der Waals surface area contributed by atoms with Crippen LogP contribution in [-0.2, 0) is 25.4 Å². The number of anilines is 1. The third-order valence-corrected chi connectivity index (χ3v) is 3.08. The Morgan fingerprint density at radius 3 is 2.53 bits per heavy atom. The second-order valence-electron chi connectivity index (χ2n) is 4.21. The molecule has 8 heteroatoms. The van der Waals surface area contributed by atoms with Crippen LogP contribution in [0.1, 0.15) is 0 Å². The number of nitrogens with one attached hydrogen (secondary N) is 1. The SMILES string of the molecule is CNc1nc2c(=O)n(C)c(=O)n(C)c2n1CCOC. The van der Waals surface area contributed by atoms with Crippen LogP contribution in [-0.4, -0.2) is 39.4 Å². The van der Waals surface area contributed by atoms with Crippen LogP contribution in [0.15, 0.2) is 9.59 Å². The number of methoxy groups -OCH3 is 1. The fourth-order valence-corrected chi connectivity index (χ4v) is 2.07. The Morgan fingerprint density at radius 1 is 1.26 bits per heavy atom. The number of fused-ring (bicyclic) bond motifs is 1. The Hall–Kier alpha value is -2.09. The number of hydrogen-bond acceptors (Lipinski definition) is 5. The highest BCUT2D eigenvalue weighted by Gasteiger charge is 2.17. The van der Waals surface area contributed by atoms with Crippen LogP contribution in [0.25, 0.3) is 11.2 Å². The van der Waals surface area contributed by atoms with E-state index in [0.717, 1.165) is 4.57 Å². The van der Waals surface area contributed by atoms with Crippen molar-refractivity contribution in [1.82, 2.24) is 18.7 Å². The molecule has 0 spiro atoms. The van der Waals surface area contributed by atoms with E-state index in [9.17, 15) is 9.59 Å². The Balaban J connectivity index is 2.86. The summed E-state index contributed by atoms with van der Waals surface area (Å²) < 4.78 is 9.27. The summed E-state index contributed by atoms with van der Waals surface area (Å²) in [7, 11) is 6.37. The van der Waals surface area contributed by atoms with E-state index in [0.29, 0.717) is 24.7 Å². The predicted molar refractivity (Wildman–Crippen MR) is 71.6 cm³/mol. The van der Waals surface area contributed by atoms with Gasteiger partial charge in [0, 0.05) is 28.3 Å². The summed E-state index contributed by atoms with van der Waals surface area (Å²) in [5.74, 6) is 0.533. The van der Waals surface area contributed by atoms with Crippen molar-refractivity contribution < 1.29 is 4.74 Å². The summed E-state index contributed by atoms with van der Waals surface area (Å²) >= 11 is 0. The highest BCUT2D eigenvalue weighted by molar-refractivity contribution is 5.74. The van der Waals surface area contributed by atoms with Crippen molar-refractivity contribution in [3.63, 3.8) is 0 Å². The molecule has 0 fully saturated rings. The van der Waals surface area contributed by atoms with Crippen molar-refractivity contribution in [3.8, 4) is 0 Å². The maximum atomic E-state index is 12.1. The fraction of sp³-hybridized carbons (Fsp3) is 0.545. The van der Waals surface area contributed by atoms with Crippen LogP contribution in [0.5, 0.6) is 0 Å². The number of nitrogens with zero attached hydrogens (tertiary/aromatic N) is 4. The molecule has 2 rings (SSSR count). The second kappa shape index (κ2) is 4.88. The van der Waals surface area contributed by atoms with Gasteiger partial charge in [0.05, 0.1) is 13.2 Å². The van der Waals surface area contributed by atoms with Crippen LogP contribution in [0, 0.1) is 0 Å². The lowest BCUT2D eigenvalue weighted by atomic mass is 10.5. The minimum atomic E-state index is -0.397. The zero-order valence-corrected chi connectivity index (χ0v) is 11.4. The van der Waals surface area contributed by atoms with E-state index in [2.05, 4.69) is 10.3 Å². The largest absolute Gasteiger partial charge is 0.383 e. The lowest BCUT2D eigenvalue weighted by Gasteiger charge is -2.10. The number of imidazole rings is 1. The van der Waals surface area contributed by atoms with Gasteiger partial charge in [-0.2, -0.15) is 0 Å². The molecule has 19 heavy (non-hydrogen) atoms. The summed E-state index contributed by atoms with van der Waals surface area (Å²) in [6.07, 6.45) is 0. The number of ether oxygens (including phenoxy) is 1. The van der Waals surface area contributed by atoms with Crippen molar-refractivity contribution in [2.75, 3.05) is 26.1 Å². The van der Waals surface area contributed by atoms with Gasteiger partial charge in [0.25, 0.3) is 5.56 Å². The first-order valence-corrected chi connectivity index (χ1v) is 5.85. The van der Waals surface area contributed by atoms with Crippen LogP contribution in [0.2, 0.25) is 0 Å². The molecular weight excluding hydrogens is 250 g/mol. The molecule has 0 aliphatic rings. The van der Waals surface area contributed by atoms with E-state index in [1.165, 1.54) is 11.6 Å². The quantitative estimate of drug-likeness (QED) is 0.778. The van der Waals surface area contributed by atoms with Gasteiger partial charge in [0.1, 0.15) is 0 Å². The Kier molecular flexibility index (Phi) is 3.43.